The molecule has 1 aromatic carbocycles. The van der Waals surface area contributed by atoms with E-state index >= 15 is 0 Å². The third-order valence-electron chi connectivity index (χ3n) is 5.31. The highest BCUT2D eigenvalue weighted by Crippen LogP contribution is 2.40. The maximum Gasteiger partial charge on any atom is 0.326 e. The molecule has 1 aliphatic heterocycles. The minimum atomic E-state index is -0.997. The highest BCUT2D eigenvalue weighted by molar-refractivity contribution is 5.97. The topological polar surface area (TPSA) is 60.9 Å². The Labute approximate surface area is 141 Å². The molecule has 0 aromatic heterocycles. The highest BCUT2D eigenvalue weighted by atomic mass is 19.1. The zero-order valence-corrected chi connectivity index (χ0v) is 14.0. The van der Waals surface area contributed by atoms with Crippen molar-refractivity contribution in [1.82, 2.24) is 4.90 Å². The van der Waals surface area contributed by atoms with Gasteiger partial charge < -0.3 is 14.9 Å². The van der Waals surface area contributed by atoms with E-state index in [-0.39, 0.29) is 17.5 Å². The van der Waals surface area contributed by atoms with Crippen LogP contribution in [0.25, 0.3) is 0 Å². The molecule has 1 aromatic rings. The Bertz CT molecular complexity index is 662. The summed E-state index contributed by atoms with van der Waals surface area (Å²) in [6.45, 7) is 0. The highest BCUT2D eigenvalue weighted by Gasteiger charge is 2.48. The number of benzene rings is 1. The normalized spacial score (nSPS) is 26.1. The molecule has 3 atom stereocenters. The van der Waals surface area contributed by atoms with E-state index in [1.54, 1.807) is 25.1 Å². The van der Waals surface area contributed by atoms with Crippen LogP contribution in [0, 0.1) is 11.7 Å². The van der Waals surface area contributed by atoms with Crippen LogP contribution in [0.4, 0.5) is 10.1 Å². The number of carboxylic acid groups (broad SMARTS) is 1. The van der Waals surface area contributed by atoms with Crippen LogP contribution in [0.1, 0.15) is 42.5 Å². The third-order valence-corrected chi connectivity index (χ3v) is 5.31. The van der Waals surface area contributed by atoms with Crippen LogP contribution in [0.15, 0.2) is 18.2 Å². The Hall–Kier alpha value is -2.11. The van der Waals surface area contributed by atoms with Crippen LogP contribution >= 0.6 is 0 Å². The fraction of sp³-hybridized carbons (Fsp3) is 0.556. The molecule has 1 N–H and O–H groups in total. The summed E-state index contributed by atoms with van der Waals surface area (Å²) in [5.74, 6) is -1.88. The van der Waals surface area contributed by atoms with E-state index in [1.807, 2.05) is 0 Å². The lowest BCUT2D eigenvalue weighted by atomic mass is 9.84. The number of aliphatic carboxylic acids is 1. The van der Waals surface area contributed by atoms with Gasteiger partial charge in [0, 0.05) is 25.8 Å². The lowest BCUT2D eigenvalue weighted by Gasteiger charge is -2.33. The second-order valence-corrected chi connectivity index (χ2v) is 6.97. The SMILES string of the molecule is CN(C)c1ccc(C(=O)N2C(C(=O)O)CC3CCCCC32)c(F)c1. The summed E-state index contributed by atoms with van der Waals surface area (Å²) in [5.41, 5.74) is 0.619. The summed E-state index contributed by atoms with van der Waals surface area (Å²) in [7, 11) is 3.59. The standard InChI is InChI=1S/C18H23FN2O3/c1-20(2)12-7-8-13(14(19)10-12)17(22)21-15-6-4-3-5-11(15)9-16(21)18(23)24/h7-8,10-11,15-16H,3-6,9H2,1-2H3,(H,23,24). The number of rotatable bonds is 3. The summed E-state index contributed by atoms with van der Waals surface area (Å²) >= 11 is 0. The number of halogens is 1. The van der Waals surface area contributed by atoms with Crippen LogP contribution < -0.4 is 4.90 Å². The average Bonchev–Trinajstić information content (AvgIpc) is 2.93. The lowest BCUT2D eigenvalue weighted by molar-refractivity contribution is -0.141. The first-order chi connectivity index (χ1) is 11.4. The van der Waals surface area contributed by atoms with Gasteiger partial charge in [-0.05, 0) is 43.4 Å². The second-order valence-electron chi connectivity index (χ2n) is 6.97. The lowest BCUT2D eigenvalue weighted by Crippen LogP contribution is -2.46. The fourth-order valence-corrected chi connectivity index (χ4v) is 4.07. The minimum Gasteiger partial charge on any atom is -0.480 e. The third kappa shape index (κ3) is 2.85. The van der Waals surface area contributed by atoms with Crippen LogP contribution in [0.5, 0.6) is 0 Å². The van der Waals surface area contributed by atoms with E-state index in [1.165, 1.54) is 17.0 Å². The first kappa shape index (κ1) is 16.7. The Balaban J connectivity index is 1.93. The first-order valence-electron chi connectivity index (χ1n) is 8.42. The summed E-state index contributed by atoms with van der Waals surface area (Å²) in [5, 5.41) is 9.52. The molecule has 1 amide bonds. The molecule has 3 rings (SSSR count). The van der Waals surface area contributed by atoms with Gasteiger partial charge >= 0.3 is 5.97 Å². The Morgan fingerprint density at radius 1 is 1.25 bits per heavy atom. The predicted octanol–water partition coefficient (Wildman–Crippen LogP) is 2.75. The van der Waals surface area contributed by atoms with Crippen molar-refractivity contribution in [2.75, 3.05) is 19.0 Å². The van der Waals surface area contributed by atoms with E-state index in [0.29, 0.717) is 12.1 Å². The molecule has 3 unspecified atom stereocenters. The van der Waals surface area contributed by atoms with E-state index in [4.69, 9.17) is 0 Å². The van der Waals surface area contributed by atoms with Crippen molar-refractivity contribution >= 4 is 17.6 Å². The molecule has 0 radical (unpaired) electrons. The number of anilines is 1. The van der Waals surface area contributed by atoms with E-state index in [2.05, 4.69) is 0 Å². The number of likely N-dealkylation sites (tertiary alicyclic amines) is 1. The molecule has 6 heteroatoms. The molecular weight excluding hydrogens is 311 g/mol. The summed E-state index contributed by atoms with van der Waals surface area (Å²) < 4.78 is 14.4. The Morgan fingerprint density at radius 2 is 1.96 bits per heavy atom. The van der Waals surface area contributed by atoms with Gasteiger partial charge in [-0.1, -0.05) is 12.8 Å². The smallest absolute Gasteiger partial charge is 0.326 e. The molecule has 0 bridgehead atoms. The van der Waals surface area contributed by atoms with Crippen molar-refractivity contribution in [1.29, 1.82) is 0 Å². The van der Waals surface area contributed by atoms with Crippen LogP contribution in [-0.2, 0) is 4.79 Å². The maximum absolute atomic E-state index is 14.4. The van der Waals surface area contributed by atoms with Crippen molar-refractivity contribution < 1.29 is 19.1 Å². The van der Waals surface area contributed by atoms with Crippen LogP contribution in [-0.4, -0.2) is 48.1 Å². The number of carbonyl (C=O) groups excluding carboxylic acids is 1. The van der Waals surface area contributed by atoms with Gasteiger partial charge in [-0.15, -0.1) is 0 Å². The molecule has 0 spiro atoms. The molecule has 24 heavy (non-hydrogen) atoms. The van der Waals surface area contributed by atoms with Crippen LogP contribution in [0.3, 0.4) is 0 Å². The van der Waals surface area contributed by atoms with Crippen molar-refractivity contribution in [3.63, 3.8) is 0 Å². The fourth-order valence-electron chi connectivity index (χ4n) is 4.07. The van der Waals surface area contributed by atoms with E-state index < -0.39 is 23.7 Å². The van der Waals surface area contributed by atoms with Crippen molar-refractivity contribution in [3.8, 4) is 0 Å². The van der Waals surface area contributed by atoms with Crippen molar-refractivity contribution in [3.05, 3.63) is 29.6 Å². The minimum absolute atomic E-state index is 0.0435. The van der Waals surface area contributed by atoms with Gasteiger partial charge in [0.05, 0.1) is 5.56 Å². The predicted molar refractivity (Wildman–Crippen MR) is 88.7 cm³/mol. The number of carboxylic acids is 1. The van der Waals surface area contributed by atoms with Gasteiger partial charge in [0.25, 0.3) is 5.91 Å². The number of nitrogens with zero attached hydrogens (tertiary/aromatic N) is 2. The molecule has 5 nitrogen and oxygen atoms in total. The molecule has 130 valence electrons. The van der Waals surface area contributed by atoms with Crippen molar-refractivity contribution in [2.45, 2.75) is 44.2 Å². The number of fused-ring (bicyclic) bond motifs is 1. The van der Waals surface area contributed by atoms with Crippen LogP contribution in [0.2, 0.25) is 0 Å². The summed E-state index contributed by atoms with van der Waals surface area (Å²) in [6, 6.07) is 3.53. The van der Waals surface area contributed by atoms with E-state index in [9.17, 15) is 19.1 Å². The molecule has 1 saturated carbocycles. The second kappa shape index (κ2) is 6.42. The Kier molecular flexibility index (Phi) is 4.47. The molecule has 2 aliphatic rings. The zero-order valence-electron chi connectivity index (χ0n) is 14.0. The molecule has 1 saturated heterocycles. The zero-order chi connectivity index (χ0) is 17.4. The number of amides is 1. The average molecular weight is 334 g/mol. The monoisotopic (exact) mass is 334 g/mol. The molecule has 1 aliphatic carbocycles. The van der Waals surface area contributed by atoms with Gasteiger partial charge in [0.1, 0.15) is 11.9 Å². The molecular formula is C18H23FN2O3. The van der Waals surface area contributed by atoms with Gasteiger partial charge in [0.15, 0.2) is 0 Å². The Morgan fingerprint density at radius 3 is 2.58 bits per heavy atom. The largest absolute Gasteiger partial charge is 0.480 e. The van der Waals surface area contributed by atoms with Gasteiger partial charge in [0.2, 0.25) is 0 Å². The molecule has 2 fully saturated rings. The van der Waals surface area contributed by atoms with Crippen molar-refractivity contribution in [2.24, 2.45) is 5.92 Å². The number of carbonyl (C=O) groups is 2. The summed E-state index contributed by atoms with van der Waals surface area (Å²) in [6.07, 6.45) is 4.28. The number of hydrogen-bond acceptors (Lipinski definition) is 3. The summed E-state index contributed by atoms with van der Waals surface area (Å²) in [4.78, 5) is 27.7. The van der Waals surface area contributed by atoms with Gasteiger partial charge in [-0.2, -0.15) is 0 Å². The maximum atomic E-state index is 14.4. The van der Waals surface area contributed by atoms with Gasteiger partial charge in [-0.25, -0.2) is 9.18 Å². The first-order valence-corrected chi connectivity index (χ1v) is 8.42. The molecule has 1 heterocycles. The van der Waals surface area contributed by atoms with E-state index in [0.717, 1.165) is 25.7 Å². The number of hydrogen-bond donors (Lipinski definition) is 1. The quantitative estimate of drug-likeness (QED) is 0.923. The van der Waals surface area contributed by atoms with Gasteiger partial charge in [-0.3, -0.25) is 4.79 Å².